The van der Waals surface area contributed by atoms with Crippen molar-refractivity contribution in [2.75, 3.05) is 20.3 Å². The molecule has 0 aliphatic heterocycles. The largest absolute Gasteiger partial charge is 0.491 e. The smallest absolute Gasteiger partial charge is 0.241 e. The summed E-state index contributed by atoms with van der Waals surface area (Å²) in [6.07, 6.45) is 7.00. The third-order valence-corrected chi connectivity index (χ3v) is 3.58. The molecule has 0 saturated heterocycles. The van der Waals surface area contributed by atoms with Crippen LogP contribution in [0.5, 0.6) is 5.75 Å². The number of likely N-dealkylation sites (N-methyl/N-ethyl adjacent to an activating group) is 1. The van der Waals surface area contributed by atoms with Crippen molar-refractivity contribution >= 4 is 5.91 Å². The Bertz CT molecular complexity index is 855. The van der Waals surface area contributed by atoms with Crippen molar-refractivity contribution < 1.29 is 14.6 Å². The maximum absolute atomic E-state index is 11.5. The van der Waals surface area contributed by atoms with Crippen LogP contribution in [0.1, 0.15) is 0 Å². The lowest BCUT2D eigenvalue weighted by molar-refractivity contribution is -0.121. The lowest BCUT2D eigenvalue weighted by atomic mass is 10.2. The molecule has 2 heterocycles. The van der Waals surface area contributed by atoms with Crippen LogP contribution in [0.25, 0.3) is 17.1 Å². The standard InChI is InChI=1S/C17H19N5O3/c1-18-16(24)12-21-11-14(10-20-21)22-6-5-19-17(22)13-3-2-4-15(9-13)25-8-7-23/h2-6,9-11,23H,7-8,12H2,1H3,(H,18,24). The van der Waals surface area contributed by atoms with E-state index in [1.54, 1.807) is 30.3 Å². The first-order valence-corrected chi connectivity index (χ1v) is 7.82. The molecule has 0 unspecified atom stereocenters. The number of aliphatic hydroxyl groups is 1. The highest BCUT2D eigenvalue weighted by molar-refractivity contribution is 5.75. The van der Waals surface area contributed by atoms with E-state index in [0.717, 1.165) is 17.1 Å². The van der Waals surface area contributed by atoms with Gasteiger partial charge in [0.15, 0.2) is 0 Å². The molecule has 130 valence electrons. The molecule has 0 bridgehead atoms. The van der Waals surface area contributed by atoms with Gasteiger partial charge in [-0.25, -0.2) is 4.98 Å². The number of aliphatic hydroxyl groups excluding tert-OH is 1. The van der Waals surface area contributed by atoms with Crippen LogP contribution in [0.4, 0.5) is 0 Å². The highest BCUT2D eigenvalue weighted by Gasteiger charge is 2.11. The van der Waals surface area contributed by atoms with E-state index in [9.17, 15) is 4.79 Å². The molecule has 2 N–H and O–H groups in total. The van der Waals surface area contributed by atoms with E-state index in [4.69, 9.17) is 9.84 Å². The number of ether oxygens (including phenoxy) is 1. The number of hydrogen-bond acceptors (Lipinski definition) is 5. The lowest BCUT2D eigenvalue weighted by Gasteiger charge is -2.08. The molecule has 8 heteroatoms. The Hall–Kier alpha value is -3.13. The Morgan fingerprint density at radius 3 is 3.08 bits per heavy atom. The van der Waals surface area contributed by atoms with E-state index in [1.807, 2.05) is 35.0 Å². The molecule has 0 saturated carbocycles. The number of imidazole rings is 1. The molecule has 3 rings (SSSR count). The summed E-state index contributed by atoms with van der Waals surface area (Å²) < 4.78 is 8.91. The van der Waals surface area contributed by atoms with Crippen LogP contribution >= 0.6 is 0 Å². The summed E-state index contributed by atoms with van der Waals surface area (Å²) in [5, 5.41) is 15.7. The first-order chi connectivity index (χ1) is 12.2. The minimum atomic E-state index is -0.116. The number of benzene rings is 1. The number of rotatable bonds is 7. The number of carbonyl (C=O) groups is 1. The Kier molecular flexibility index (Phi) is 5.10. The van der Waals surface area contributed by atoms with Crippen molar-refractivity contribution in [2.45, 2.75) is 6.54 Å². The SMILES string of the molecule is CNC(=O)Cn1cc(-n2ccnc2-c2cccc(OCCO)c2)cn1. The van der Waals surface area contributed by atoms with Crippen LogP contribution in [-0.2, 0) is 11.3 Å². The number of aromatic nitrogens is 4. The van der Waals surface area contributed by atoms with Gasteiger partial charge in [-0.15, -0.1) is 0 Å². The summed E-state index contributed by atoms with van der Waals surface area (Å²) in [6, 6.07) is 7.49. The van der Waals surface area contributed by atoms with Gasteiger partial charge in [0.1, 0.15) is 24.7 Å². The molecule has 25 heavy (non-hydrogen) atoms. The van der Waals surface area contributed by atoms with E-state index in [0.29, 0.717) is 5.75 Å². The van der Waals surface area contributed by atoms with E-state index >= 15 is 0 Å². The van der Waals surface area contributed by atoms with Crippen molar-refractivity contribution in [2.24, 2.45) is 0 Å². The minimum Gasteiger partial charge on any atom is -0.491 e. The van der Waals surface area contributed by atoms with Crippen LogP contribution < -0.4 is 10.1 Å². The zero-order valence-corrected chi connectivity index (χ0v) is 13.8. The normalized spacial score (nSPS) is 10.6. The van der Waals surface area contributed by atoms with Crippen molar-refractivity contribution in [3.05, 3.63) is 49.1 Å². The summed E-state index contributed by atoms with van der Waals surface area (Å²) in [4.78, 5) is 15.9. The predicted molar refractivity (Wildman–Crippen MR) is 91.4 cm³/mol. The molecule has 0 fully saturated rings. The third kappa shape index (κ3) is 3.86. The number of nitrogens with zero attached hydrogens (tertiary/aromatic N) is 4. The number of hydrogen-bond donors (Lipinski definition) is 2. The molecule has 0 radical (unpaired) electrons. The monoisotopic (exact) mass is 341 g/mol. The second kappa shape index (κ2) is 7.63. The molecule has 1 amide bonds. The fourth-order valence-electron chi connectivity index (χ4n) is 2.40. The fraction of sp³-hybridized carbons (Fsp3) is 0.235. The number of carbonyl (C=O) groups excluding carboxylic acids is 1. The number of nitrogens with one attached hydrogen (secondary N) is 1. The van der Waals surface area contributed by atoms with Crippen LogP contribution in [0, 0.1) is 0 Å². The molecule has 1 aromatic carbocycles. The van der Waals surface area contributed by atoms with Gasteiger partial charge in [-0.05, 0) is 12.1 Å². The van der Waals surface area contributed by atoms with Crippen LogP contribution in [0.2, 0.25) is 0 Å². The summed E-state index contributed by atoms with van der Waals surface area (Å²) in [5.41, 5.74) is 1.68. The van der Waals surface area contributed by atoms with Gasteiger partial charge in [-0.3, -0.25) is 14.0 Å². The van der Waals surface area contributed by atoms with Gasteiger partial charge >= 0.3 is 0 Å². The van der Waals surface area contributed by atoms with Gasteiger partial charge in [-0.1, -0.05) is 12.1 Å². The molecule has 8 nitrogen and oxygen atoms in total. The highest BCUT2D eigenvalue weighted by Crippen LogP contribution is 2.25. The Balaban J connectivity index is 1.87. The molecule has 3 aromatic rings. The van der Waals surface area contributed by atoms with Gasteiger partial charge in [0.25, 0.3) is 0 Å². The van der Waals surface area contributed by atoms with E-state index in [1.165, 1.54) is 0 Å². The maximum Gasteiger partial charge on any atom is 0.241 e. The average Bonchev–Trinajstić information content (AvgIpc) is 3.29. The molecular formula is C17H19N5O3. The van der Waals surface area contributed by atoms with Crippen molar-refractivity contribution in [1.29, 1.82) is 0 Å². The third-order valence-electron chi connectivity index (χ3n) is 3.58. The Morgan fingerprint density at radius 2 is 2.28 bits per heavy atom. The van der Waals surface area contributed by atoms with Crippen molar-refractivity contribution in [1.82, 2.24) is 24.6 Å². The van der Waals surface area contributed by atoms with Crippen molar-refractivity contribution in [3.8, 4) is 22.8 Å². The molecule has 0 atom stereocenters. The first kappa shape index (κ1) is 16.7. The molecular weight excluding hydrogens is 322 g/mol. The van der Waals surface area contributed by atoms with Crippen LogP contribution in [-0.4, -0.2) is 50.6 Å². The summed E-state index contributed by atoms with van der Waals surface area (Å²) in [6.45, 7) is 0.360. The number of amides is 1. The summed E-state index contributed by atoms with van der Waals surface area (Å²) >= 11 is 0. The van der Waals surface area contributed by atoms with E-state index < -0.39 is 0 Å². The molecule has 0 aliphatic rings. The first-order valence-electron chi connectivity index (χ1n) is 7.82. The zero-order chi connectivity index (χ0) is 17.6. The average molecular weight is 341 g/mol. The van der Waals surface area contributed by atoms with Crippen LogP contribution in [0.15, 0.2) is 49.1 Å². The summed E-state index contributed by atoms with van der Waals surface area (Å²) in [5.74, 6) is 1.28. The second-order valence-corrected chi connectivity index (χ2v) is 5.29. The molecule has 0 spiro atoms. The van der Waals surface area contributed by atoms with Gasteiger partial charge in [0.05, 0.1) is 18.5 Å². The second-order valence-electron chi connectivity index (χ2n) is 5.29. The summed E-state index contributed by atoms with van der Waals surface area (Å²) in [7, 11) is 1.59. The zero-order valence-electron chi connectivity index (χ0n) is 13.8. The van der Waals surface area contributed by atoms with Crippen LogP contribution in [0.3, 0.4) is 0 Å². The quantitative estimate of drug-likeness (QED) is 0.664. The van der Waals surface area contributed by atoms with Gasteiger partial charge in [-0.2, -0.15) is 5.10 Å². The van der Waals surface area contributed by atoms with Gasteiger partial charge in [0, 0.05) is 31.2 Å². The van der Waals surface area contributed by atoms with E-state index in [-0.39, 0.29) is 25.7 Å². The molecule has 2 aromatic heterocycles. The van der Waals surface area contributed by atoms with Gasteiger partial charge in [0.2, 0.25) is 5.91 Å². The topological polar surface area (TPSA) is 94.2 Å². The van der Waals surface area contributed by atoms with Crippen molar-refractivity contribution in [3.63, 3.8) is 0 Å². The van der Waals surface area contributed by atoms with Gasteiger partial charge < -0.3 is 15.2 Å². The predicted octanol–water partition coefficient (Wildman–Crippen LogP) is 0.853. The fourth-order valence-corrected chi connectivity index (χ4v) is 2.40. The molecule has 0 aliphatic carbocycles. The van der Waals surface area contributed by atoms with E-state index in [2.05, 4.69) is 15.4 Å². The maximum atomic E-state index is 11.5. The highest BCUT2D eigenvalue weighted by atomic mass is 16.5. The Labute approximate surface area is 144 Å². The lowest BCUT2D eigenvalue weighted by Crippen LogP contribution is -2.23. The Morgan fingerprint density at radius 1 is 1.40 bits per heavy atom. The minimum absolute atomic E-state index is 0.0383.